The molecule has 0 radical (unpaired) electrons. The first-order valence-electron chi connectivity index (χ1n) is 4.08. The average molecular weight is 166 g/mol. The molecule has 0 bridgehead atoms. The van der Waals surface area contributed by atoms with E-state index < -0.39 is 5.97 Å². The molecular weight excluding hydrogens is 152 g/mol. The molecule has 0 aromatic heterocycles. The topological polar surface area (TPSA) is 37.3 Å². The third-order valence-electron chi connectivity index (χ3n) is 2.87. The molecule has 1 unspecified atom stereocenters. The summed E-state index contributed by atoms with van der Waals surface area (Å²) in [5.41, 5.74) is 3.62. The van der Waals surface area contributed by atoms with Gasteiger partial charge in [-0.05, 0) is 32.3 Å². The van der Waals surface area contributed by atoms with Crippen LogP contribution < -0.4 is 0 Å². The summed E-state index contributed by atoms with van der Waals surface area (Å²) >= 11 is 0. The Kier molecular flexibility index (Phi) is 2.09. The highest BCUT2D eigenvalue weighted by Gasteiger charge is 2.26. The van der Waals surface area contributed by atoms with E-state index in [9.17, 15) is 4.79 Å². The maximum Gasteiger partial charge on any atom is 0.335 e. The van der Waals surface area contributed by atoms with Crippen LogP contribution in [0, 0.1) is 5.92 Å². The van der Waals surface area contributed by atoms with Gasteiger partial charge in [0.15, 0.2) is 0 Å². The van der Waals surface area contributed by atoms with Crippen molar-refractivity contribution < 1.29 is 9.90 Å². The van der Waals surface area contributed by atoms with Gasteiger partial charge >= 0.3 is 5.97 Å². The predicted octanol–water partition coefficient (Wildman–Crippen LogP) is 2.37. The monoisotopic (exact) mass is 166 g/mol. The van der Waals surface area contributed by atoms with E-state index in [1.54, 1.807) is 0 Å². The number of hydrogen-bond acceptors (Lipinski definition) is 1. The summed E-state index contributed by atoms with van der Waals surface area (Å²) in [7, 11) is 0. The van der Waals surface area contributed by atoms with Crippen molar-refractivity contribution in [3.05, 3.63) is 22.3 Å². The third-order valence-corrected chi connectivity index (χ3v) is 2.87. The second-order valence-corrected chi connectivity index (χ2v) is 3.39. The van der Waals surface area contributed by atoms with E-state index in [4.69, 9.17) is 5.11 Å². The van der Waals surface area contributed by atoms with Crippen LogP contribution in [0.25, 0.3) is 0 Å². The SMILES string of the molecule is CC1=C(C)C(C)C(C)=C1C(=O)O. The van der Waals surface area contributed by atoms with Crippen LogP contribution in [0.1, 0.15) is 27.7 Å². The molecule has 2 nitrogen and oxygen atoms in total. The van der Waals surface area contributed by atoms with E-state index in [-0.39, 0.29) is 0 Å². The number of rotatable bonds is 1. The first-order chi connectivity index (χ1) is 5.46. The van der Waals surface area contributed by atoms with E-state index >= 15 is 0 Å². The minimum Gasteiger partial charge on any atom is -0.478 e. The number of carboxylic acid groups (broad SMARTS) is 1. The van der Waals surface area contributed by atoms with E-state index in [1.807, 2.05) is 27.7 Å². The molecule has 0 aromatic carbocycles. The van der Waals surface area contributed by atoms with Gasteiger partial charge in [-0.15, -0.1) is 0 Å². The molecule has 66 valence electrons. The zero-order chi connectivity index (χ0) is 9.46. The van der Waals surface area contributed by atoms with Gasteiger partial charge in [-0.3, -0.25) is 0 Å². The summed E-state index contributed by atoms with van der Waals surface area (Å²) in [6.07, 6.45) is 0. The average Bonchev–Trinajstić information content (AvgIpc) is 2.16. The summed E-state index contributed by atoms with van der Waals surface area (Å²) in [5, 5.41) is 8.90. The van der Waals surface area contributed by atoms with Gasteiger partial charge in [0.2, 0.25) is 0 Å². The number of carboxylic acids is 1. The highest BCUT2D eigenvalue weighted by atomic mass is 16.4. The molecule has 1 N–H and O–H groups in total. The lowest BCUT2D eigenvalue weighted by atomic mass is 10.00. The molecule has 1 atom stereocenters. The molecule has 0 spiro atoms. The van der Waals surface area contributed by atoms with Crippen LogP contribution in [0.2, 0.25) is 0 Å². The summed E-state index contributed by atoms with van der Waals surface area (Å²) in [6.45, 7) is 7.82. The second-order valence-electron chi connectivity index (χ2n) is 3.39. The first kappa shape index (κ1) is 9.04. The molecule has 1 aliphatic rings. The van der Waals surface area contributed by atoms with Gasteiger partial charge in [-0.2, -0.15) is 0 Å². The molecule has 0 fully saturated rings. The van der Waals surface area contributed by atoms with Crippen LogP contribution in [0.15, 0.2) is 22.3 Å². The quantitative estimate of drug-likeness (QED) is 0.649. The standard InChI is InChI=1S/C10H14O2/c1-5-6(2)8(4)9(7(5)3)10(11)12/h5H,1-4H3,(H,11,12). The molecule has 0 saturated heterocycles. The Bertz CT molecular complexity index is 295. The van der Waals surface area contributed by atoms with Crippen LogP contribution in [0.3, 0.4) is 0 Å². The summed E-state index contributed by atoms with van der Waals surface area (Å²) in [5.74, 6) is -0.496. The highest BCUT2D eigenvalue weighted by Crippen LogP contribution is 2.36. The second kappa shape index (κ2) is 2.77. The minimum atomic E-state index is -0.797. The molecule has 0 saturated carbocycles. The number of aliphatic carboxylic acids is 1. The van der Waals surface area contributed by atoms with Crippen molar-refractivity contribution in [2.24, 2.45) is 5.92 Å². The first-order valence-corrected chi connectivity index (χ1v) is 4.08. The minimum absolute atomic E-state index is 0.302. The lowest BCUT2D eigenvalue weighted by molar-refractivity contribution is -0.132. The molecule has 1 rings (SSSR count). The fraction of sp³-hybridized carbons (Fsp3) is 0.500. The van der Waals surface area contributed by atoms with Gasteiger partial charge in [-0.1, -0.05) is 18.1 Å². The Hall–Kier alpha value is -1.05. The van der Waals surface area contributed by atoms with Gasteiger partial charge in [0.05, 0.1) is 5.57 Å². The van der Waals surface area contributed by atoms with Gasteiger partial charge in [0, 0.05) is 0 Å². The van der Waals surface area contributed by atoms with Crippen LogP contribution in [0.5, 0.6) is 0 Å². The van der Waals surface area contributed by atoms with Crippen molar-refractivity contribution in [2.45, 2.75) is 27.7 Å². The molecule has 2 heteroatoms. The van der Waals surface area contributed by atoms with Crippen molar-refractivity contribution in [3.63, 3.8) is 0 Å². The van der Waals surface area contributed by atoms with Gasteiger partial charge < -0.3 is 5.11 Å². The number of allylic oxidation sites excluding steroid dienone is 2. The van der Waals surface area contributed by atoms with Crippen molar-refractivity contribution in [3.8, 4) is 0 Å². The predicted molar refractivity (Wildman–Crippen MR) is 47.9 cm³/mol. The van der Waals surface area contributed by atoms with Crippen LogP contribution in [-0.4, -0.2) is 11.1 Å². The number of carbonyl (C=O) groups is 1. The molecule has 0 heterocycles. The Morgan fingerprint density at radius 3 is 1.92 bits per heavy atom. The Morgan fingerprint density at radius 1 is 1.25 bits per heavy atom. The molecular formula is C10H14O2. The molecule has 0 aromatic rings. The van der Waals surface area contributed by atoms with Crippen molar-refractivity contribution in [1.29, 1.82) is 0 Å². The Balaban J connectivity index is 3.22. The lowest BCUT2D eigenvalue weighted by Crippen LogP contribution is -2.02. The van der Waals surface area contributed by atoms with E-state index in [1.165, 1.54) is 5.57 Å². The van der Waals surface area contributed by atoms with E-state index in [0.717, 1.165) is 11.1 Å². The van der Waals surface area contributed by atoms with Gasteiger partial charge in [-0.25, -0.2) is 4.79 Å². The zero-order valence-electron chi connectivity index (χ0n) is 7.93. The number of hydrogen-bond donors (Lipinski definition) is 1. The largest absolute Gasteiger partial charge is 0.478 e. The molecule has 0 amide bonds. The maximum absolute atomic E-state index is 10.8. The van der Waals surface area contributed by atoms with Crippen LogP contribution >= 0.6 is 0 Å². The van der Waals surface area contributed by atoms with Gasteiger partial charge in [0.25, 0.3) is 0 Å². The Labute approximate surface area is 72.6 Å². The Morgan fingerprint density at radius 2 is 1.75 bits per heavy atom. The molecule has 1 aliphatic carbocycles. The van der Waals surface area contributed by atoms with Crippen molar-refractivity contribution in [2.75, 3.05) is 0 Å². The maximum atomic E-state index is 10.8. The van der Waals surface area contributed by atoms with Crippen molar-refractivity contribution in [1.82, 2.24) is 0 Å². The van der Waals surface area contributed by atoms with Crippen LogP contribution in [0.4, 0.5) is 0 Å². The fourth-order valence-corrected chi connectivity index (χ4v) is 1.69. The van der Waals surface area contributed by atoms with Gasteiger partial charge in [0.1, 0.15) is 0 Å². The normalized spacial score (nSPS) is 23.8. The molecule has 12 heavy (non-hydrogen) atoms. The molecule has 0 aliphatic heterocycles. The van der Waals surface area contributed by atoms with E-state index in [0.29, 0.717) is 11.5 Å². The van der Waals surface area contributed by atoms with Crippen LogP contribution in [-0.2, 0) is 4.79 Å². The van der Waals surface area contributed by atoms with E-state index in [2.05, 4.69) is 0 Å². The van der Waals surface area contributed by atoms with Crippen molar-refractivity contribution >= 4 is 5.97 Å². The smallest absolute Gasteiger partial charge is 0.335 e. The summed E-state index contributed by atoms with van der Waals surface area (Å²) in [6, 6.07) is 0. The summed E-state index contributed by atoms with van der Waals surface area (Å²) in [4.78, 5) is 10.8. The lowest BCUT2D eigenvalue weighted by Gasteiger charge is -2.05. The summed E-state index contributed by atoms with van der Waals surface area (Å²) < 4.78 is 0. The third kappa shape index (κ3) is 1.07. The highest BCUT2D eigenvalue weighted by molar-refractivity contribution is 5.94. The zero-order valence-corrected chi connectivity index (χ0v) is 7.93. The fourth-order valence-electron chi connectivity index (χ4n) is 1.69.